The number of carbonyl (C=O) groups excluding carboxylic acids is 1. The Morgan fingerprint density at radius 2 is 1.88 bits per heavy atom. The summed E-state index contributed by atoms with van der Waals surface area (Å²) in [5.74, 6) is -0.180. The largest absolute Gasteiger partial charge is 0.283 e. The van der Waals surface area contributed by atoms with E-state index in [-0.39, 0.29) is 10.8 Å². The molecule has 0 aliphatic carbocycles. The van der Waals surface area contributed by atoms with E-state index in [0.29, 0.717) is 32.5 Å². The number of amidine groups is 1. The highest BCUT2D eigenvalue weighted by Crippen LogP contribution is 2.34. The Hall–Kier alpha value is -2.92. The van der Waals surface area contributed by atoms with Gasteiger partial charge in [0.1, 0.15) is 0 Å². The number of rotatable bonds is 7. The number of nitrogens with one attached hydrogen (secondary N) is 1. The fourth-order valence-corrected chi connectivity index (χ4v) is 5.77. The normalized spacial score (nSPS) is 16.5. The average Bonchev–Trinajstić information content (AvgIpc) is 3.39. The predicted octanol–water partition coefficient (Wildman–Crippen LogP) is 5.39. The molecule has 1 saturated heterocycles. The highest BCUT2D eigenvalue weighted by atomic mass is 35.5. The van der Waals surface area contributed by atoms with Crippen molar-refractivity contribution < 1.29 is 13.2 Å². The van der Waals surface area contributed by atoms with E-state index < -0.39 is 10.0 Å². The van der Waals surface area contributed by atoms with Gasteiger partial charge in [-0.1, -0.05) is 29.8 Å². The number of thioether (sulfide) groups is 1. The Kier molecular flexibility index (Phi) is 6.99. The van der Waals surface area contributed by atoms with Crippen molar-refractivity contribution >= 4 is 72.7 Å². The molecule has 2 heterocycles. The third-order valence-corrected chi connectivity index (χ3v) is 7.82. The van der Waals surface area contributed by atoms with Crippen molar-refractivity contribution in [1.29, 1.82) is 0 Å². The molecule has 4 rings (SSSR count). The maximum atomic E-state index is 12.9. The van der Waals surface area contributed by atoms with Crippen molar-refractivity contribution in [2.24, 2.45) is 4.99 Å². The van der Waals surface area contributed by atoms with Crippen LogP contribution >= 0.6 is 34.7 Å². The maximum absolute atomic E-state index is 12.9. The van der Waals surface area contributed by atoms with Gasteiger partial charge in [0.05, 0.1) is 15.5 Å². The summed E-state index contributed by atoms with van der Waals surface area (Å²) in [5.41, 5.74) is 1.36. The molecule has 3 aromatic rings. The van der Waals surface area contributed by atoms with Gasteiger partial charge in [0.15, 0.2) is 10.3 Å². The first-order valence-corrected chi connectivity index (χ1v) is 13.1. The molecule has 1 fully saturated rings. The topological polar surface area (TPSA) is 91.7 Å². The average molecular weight is 517 g/mol. The second-order valence-corrected chi connectivity index (χ2v) is 10.7. The molecule has 1 aromatic heterocycles. The van der Waals surface area contributed by atoms with Gasteiger partial charge >= 0.3 is 0 Å². The van der Waals surface area contributed by atoms with Gasteiger partial charge in [-0.25, -0.2) is 18.4 Å². The number of halogens is 1. The molecule has 0 radical (unpaired) electrons. The summed E-state index contributed by atoms with van der Waals surface area (Å²) in [6.07, 6.45) is 4.92. The van der Waals surface area contributed by atoms with Crippen LogP contribution in [-0.2, 0) is 14.8 Å². The summed E-state index contributed by atoms with van der Waals surface area (Å²) in [6.45, 7) is 4.02. The van der Waals surface area contributed by atoms with Crippen LogP contribution in [0.25, 0.3) is 6.08 Å². The maximum Gasteiger partial charge on any atom is 0.267 e. The zero-order valence-electron chi connectivity index (χ0n) is 17.0. The van der Waals surface area contributed by atoms with Gasteiger partial charge in [-0.2, -0.15) is 0 Å². The second-order valence-electron chi connectivity index (χ2n) is 6.70. The Morgan fingerprint density at radius 1 is 1.15 bits per heavy atom. The minimum absolute atomic E-state index is 0.0862. The molecule has 1 amide bonds. The molecule has 0 bridgehead atoms. The molecule has 1 N–H and O–H groups in total. The first-order chi connectivity index (χ1) is 15.9. The minimum Gasteiger partial charge on any atom is -0.283 e. The van der Waals surface area contributed by atoms with Crippen LogP contribution in [0, 0.1) is 0 Å². The molecule has 2 aromatic carbocycles. The summed E-state index contributed by atoms with van der Waals surface area (Å²) < 4.78 is 27.4. The number of hydrogen-bond donors (Lipinski definition) is 1. The van der Waals surface area contributed by atoms with Crippen LogP contribution in [0.15, 0.2) is 87.6 Å². The standard InChI is InChI=1S/C22H17ClN4O3S3/c1-2-12-27-20(28)19(14-15-3-5-16(23)6-4-15)32-22(27)25-17-7-9-18(10-8-17)33(29,30)26-21-24-11-13-31-21/h2-11,13-14H,1,12H2,(H,24,26)/b19-14-,25-22?. The highest BCUT2D eigenvalue weighted by molar-refractivity contribution is 8.18. The highest BCUT2D eigenvalue weighted by Gasteiger charge is 2.32. The second kappa shape index (κ2) is 9.92. The lowest BCUT2D eigenvalue weighted by atomic mass is 10.2. The van der Waals surface area contributed by atoms with E-state index in [1.54, 1.807) is 41.8 Å². The van der Waals surface area contributed by atoms with Crippen LogP contribution in [0.3, 0.4) is 0 Å². The van der Waals surface area contributed by atoms with Crippen molar-refractivity contribution in [2.45, 2.75) is 4.90 Å². The number of aromatic nitrogens is 1. The Bertz CT molecular complexity index is 1330. The van der Waals surface area contributed by atoms with Gasteiger partial charge in [-0.05, 0) is 59.8 Å². The van der Waals surface area contributed by atoms with Crippen molar-refractivity contribution in [3.05, 3.63) is 88.3 Å². The van der Waals surface area contributed by atoms with Gasteiger partial charge in [0, 0.05) is 23.1 Å². The van der Waals surface area contributed by atoms with Crippen LogP contribution in [0.1, 0.15) is 5.56 Å². The molecule has 0 spiro atoms. The molecule has 0 atom stereocenters. The van der Waals surface area contributed by atoms with Gasteiger partial charge in [0.2, 0.25) is 0 Å². The smallest absolute Gasteiger partial charge is 0.267 e. The quantitative estimate of drug-likeness (QED) is 0.336. The fraction of sp³-hybridized carbons (Fsp3) is 0.0455. The van der Waals surface area contributed by atoms with Crippen LogP contribution in [0.2, 0.25) is 5.02 Å². The molecule has 11 heteroatoms. The number of aliphatic imine (C=N–C) groups is 1. The molecular formula is C22H17ClN4O3S3. The summed E-state index contributed by atoms with van der Waals surface area (Å²) in [6, 6.07) is 13.3. The molecule has 0 unspecified atom stereocenters. The van der Waals surface area contributed by atoms with E-state index >= 15 is 0 Å². The summed E-state index contributed by atoms with van der Waals surface area (Å²) in [5, 5.41) is 3.07. The first-order valence-electron chi connectivity index (χ1n) is 9.55. The number of hydrogen-bond acceptors (Lipinski definition) is 7. The van der Waals surface area contributed by atoms with Crippen LogP contribution in [-0.4, -0.2) is 35.9 Å². The Balaban J connectivity index is 1.58. The Labute approximate surface area is 204 Å². The van der Waals surface area contributed by atoms with Crippen molar-refractivity contribution in [3.63, 3.8) is 0 Å². The molecule has 1 aliphatic heterocycles. The van der Waals surface area contributed by atoms with E-state index in [4.69, 9.17) is 11.6 Å². The number of nitrogens with zero attached hydrogens (tertiary/aromatic N) is 3. The zero-order valence-corrected chi connectivity index (χ0v) is 20.2. The molecule has 0 saturated carbocycles. The SMILES string of the molecule is C=CCN1C(=O)/C(=C/c2ccc(Cl)cc2)SC1=Nc1ccc(S(=O)(=O)Nc2nccs2)cc1. The summed E-state index contributed by atoms with van der Waals surface area (Å²) in [7, 11) is -3.75. The van der Waals surface area contributed by atoms with Gasteiger partial charge in [0.25, 0.3) is 15.9 Å². The first kappa shape index (κ1) is 23.2. The lowest BCUT2D eigenvalue weighted by Gasteiger charge is -2.12. The van der Waals surface area contributed by atoms with Gasteiger partial charge < -0.3 is 0 Å². The lowest BCUT2D eigenvalue weighted by molar-refractivity contribution is -0.121. The number of anilines is 1. The van der Waals surface area contributed by atoms with Crippen LogP contribution in [0.4, 0.5) is 10.8 Å². The third-order valence-electron chi connectivity index (χ3n) is 4.39. The number of sulfonamides is 1. The number of amides is 1. The molecular weight excluding hydrogens is 500 g/mol. The summed E-state index contributed by atoms with van der Waals surface area (Å²) in [4.78, 5) is 23.5. The fourth-order valence-electron chi connectivity index (χ4n) is 2.85. The van der Waals surface area contributed by atoms with E-state index in [1.807, 2.05) is 12.1 Å². The predicted molar refractivity (Wildman–Crippen MR) is 135 cm³/mol. The zero-order chi connectivity index (χ0) is 23.4. The van der Waals surface area contributed by atoms with Crippen molar-refractivity contribution in [2.75, 3.05) is 11.3 Å². The van der Waals surface area contributed by atoms with Crippen molar-refractivity contribution in [3.8, 4) is 0 Å². The monoisotopic (exact) mass is 516 g/mol. The number of carbonyl (C=O) groups is 1. The van der Waals surface area contributed by atoms with Gasteiger partial charge in [-0.3, -0.25) is 14.4 Å². The third kappa shape index (κ3) is 5.53. The van der Waals surface area contributed by atoms with E-state index in [0.717, 1.165) is 5.56 Å². The molecule has 168 valence electrons. The molecule has 7 nitrogen and oxygen atoms in total. The number of thiazole rings is 1. The van der Waals surface area contributed by atoms with E-state index in [2.05, 4.69) is 21.3 Å². The minimum atomic E-state index is -3.75. The van der Waals surface area contributed by atoms with Crippen molar-refractivity contribution in [1.82, 2.24) is 9.88 Å². The van der Waals surface area contributed by atoms with Crippen LogP contribution < -0.4 is 4.72 Å². The van der Waals surface area contributed by atoms with E-state index in [1.165, 1.54) is 46.3 Å². The van der Waals surface area contributed by atoms with Crippen LogP contribution in [0.5, 0.6) is 0 Å². The van der Waals surface area contributed by atoms with Gasteiger partial charge in [-0.15, -0.1) is 17.9 Å². The van der Waals surface area contributed by atoms with E-state index in [9.17, 15) is 13.2 Å². The lowest BCUT2D eigenvalue weighted by Crippen LogP contribution is -2.29. The summed E-state index contributed by atoms with van der Waals surface area (Å²) >= 11 is 8.37. The Morgan fingerprint density at radius 3 is 2.52 bits per heavy atom. The molecule has 1 aliphatic rings. The number of benzene rings is 2. The molecule has 33 heavy (non-hydrogen) atoms.